The van der Waals surface area contributed by atoms with Gasteiger partial charge in [-0.25, -0.2) is 4.98 Å². The summed E-state index contributed by atoms with van der Waals surface area (Å²) in [6, 6.07) is 0. The first kappa shape index (κ1) is 14.2. The zero-order valence-corrected chi connectivity index (χ0v) is 11.3. The Bertz CT molecular complexity index is 320. The maximum atomic E-state index is 10.3. The molecule has 0 aliphatic rings. The Morgan fingerprint density at radius 2 is 2.06 bits per heavy atom. The highest BCUT2D eigenvalue weighted by molar-refractivity contribution is 4.92. The molecular weight excluding hydrogens is 214 g/mol. The largest absolute Gasteiger partial charge is 0.390 e. The molecule has 0 fully saturated rings. The van der Waals surface area contributed by atoms with Crippen LogP contribution in [-0.2, 0) is 13.0 Å². The second-order valence-electron chi connectivity index (χ2n) is 5.03. The van der Waals surface area contributed by atoms with E-state index in [1.165, 1.54) is 12.8 Å². The number of nitrogens with zero attached hydrogens (tertiary/aromatic N) is 3. The summed E-state index contributed by atoms with van der Waals surface area (Å²) >= 11 is 0. The Balaban J connectivity index is 2.52. The lowest BCUT2D eigenvalue weighted by molar-refractivity contribution is 0.0455. The molecule has 1 rings (SSSR count). The van der Waals surface area contributed by atoms with Crippen LogP contribution in [0.5, 0.6) is 0 Å². The molecule has 0 aromatic carbocycles. The third kappa shape index (κ3) is 4.86. The standard InChI is InChI=1S/C13H25N3O/c1-4-6-7-8-13(3,17)10-12-14-11-15-16(12)9-5-2/h11,17H,4-10H2,1-3H3. The number of unbranched alkanes of at least 4 members (excludes halogenated alkanes) is 2. The lowest BCUT2D eigenvalue weighted by Crippen LogP contribution is -2.29. The monoisotopic (exact) mass is 239 g/mol. The van der Waals surface area contributed by atoms with E-state index in [4.69, 9.17) is 0 Å². The predicted octanol–water partition coefficient (Wildman–Crippen LogP) is 2.56. The minimum Gasteiger partial charge on any atom is -0.390 e. The van der Waals surface area contributed by atoms with Crippen molar-refractivity contribution in [2.45, 2.75) is 71.4 Å². The number of hydrogen-bond acceptors (Lipinski definition) is 3. The van der Waals surface area contributed by atoms with Crippen molar-refractivity contribution in [2.24, 2.45) is 0 Å². The lowest BCUT2D eigenvalue weighted by Gasteiger charge is -2.22. The van der Waals surface area contributed by atoms with E-state index in [2.05, 4.69) is 23.9 Å². The van der Waals surface area contributed by atoms with Gasteiger partial charge in [-0.3, -0.25) is 4.68 Å². The quantitative estimate of drug-likeness (QED) is 0.709. The highest BCUT2D eigenvalue weighted by Gasteiger charge is 2.23. The van der Waals surface area contributed by atoms with Gasteiger partial charge < -0.3 is 5.11 Å². The Hall–Kier alpha value is -0.900. The summed E-state index contributed by atoms with van der Waals surface area (Å²) in [5.74, 6) is 0.897. The molecule has 17 heavy (non-hydrogen) atoms. The van der Waals surface area contributed by atoms with Gasteiger partial charge in [0.15, 0.2) is 0 Å². The van der Waals surface area contributed by atoms with E-state index < -0.39 is 5.60 Å². The van der Waals surface area contributed by atoms with Crippen LogP contribution >= 0.6 is 0 Å². The summed E-state index contributed by atoms with van der Waals surface area (Å²) in [7, 11) is 0. The SMILES string of the molecule is CCCCCC(C)(O)Cc1ncnn1CCC. The first-order chi connectivity index (χ1) is 8.09. The van der Waals surface area contributed by atoms with Gasteiger partial charge in [-0.05, 0) is 19.8 Å². The summed E-state index contributed by atoms with van der Waals surface area (Å²) in [6.07, 6.45) is 7.48. The predicted molar refractivity (Wildman–Crippen MR) is 68.8 cm³/mol. The normalized spacial score (nSPS) is 14.8. The maximum absolute atomic E-state index is 10.3. The van der Waals surface area contributed by atoms with E-state index in [9.17, 15) is 5.11 Å². The van der Waals surface area contributed by atoms with Crippen LogP contribution in [0.1, 0.15) is 58.7 Å². The van der Waals surface area contributed by atoms with Gasteiger partial charge in [0.1, 0.15) is 12.2 Å². The molecule has 0 saturated carbocycles. The van der Waals surface area contributed by atoms with Crippen molar-refractivity contribution in [1.29, 1.82) is 0 Å². The van der Waals surface area contributed by atoms with Crippen LogP contribution in [0.4, 0.5) is 0 Å². The number of aliphatic hydroxyl groups is 1. The average Bonchev–Trinajstić information content (AvgIpc) is 2.66. The molecule has 4 nitrogen and oxygen atoms in total. The van der Waals surface area contributed by atoms with Gasteiger partial charge >= 0.3 is 0 Å². The molecule has 0 aliphatic carbocycles. The second kappa shape index (κ2) is 6.74. The van der Waals surface area contributed by atoms with Crippen molar-refractivity contribution in [1.82, 2.24) is 14.8 Å². The topological polar surface area (TPSA) is 50.9 Å². The van der Waals surface area contributed by atoms with Crippen molar-refractivity contribution in [3.63, 3.8) is 0 Å². The molecule has 0 saturated heterocycles. The second-order valence-corrected chi connectivity index (χ2v) is 5.03. The van der Waals surface area contributed by atoms with E-state index >= 15 is 0 Å². The van der Waals surface area contributed by atoms with Crippen LogP contribution in [-0.4, -0.2) is 25.5 Å². The van der Waals surface area contributed by atoms with Gasteiger partial charge in [-0.1, -0.05) is 33.1 Å². The molecule has 1 N–H and O–H groups in total. The highest BCUT2D eigenvalue weighted by atomic mass is 16.3. The minimum absolute atomic E-state index is 0.594. The first-order valence-corrected chi connectivity index (χ1v) is 6.68. The molecule has 98 valence electrons. The fourth-order valence-corrected chi connectivity index (χ4v) is 2.01. The molecule has 1 aromatic heterocycles. The number of hydrogen-bond donors (Lipinski definition) is 1. The van der Waals surface area contributed by atoms with Crippen molar-refractivity contribution < 1.29 is 5.11 Å². The molecule has 0 spiro atoms. The average molecular weight is 239 g/mol. The molecule has 4 heteroatoms. The molecule has 1 atom stereocenters. The number of aryl methyl sites for hydroxylation is 1. The van der Waals surface area contributed by atoms with Crippen molar-refractivity contribution in [2.75, 3.05) is 0 Å². The Kier molecular flexibility index (Phi) is 5.62. The van der Waals surface area contributed by atoms with Gasteiger partial charge in [0.2, 0.25) is 0 Å². The molecule has 0 radical (unpaired) electrons. The Morgan fingerprint density at radius 1 is 1.29 bits per heavy atom. The summed E-state index contributed by atoms with van der Waals surface area (Å²) in [5, 5.41) is 14.5. The number of rotatable bonds is 8. The van der Waals surface area contributed by atoms with Crippen molar-refractivity contribution in [3.8, 4) is 0 Å². The molecule has 0 aliphatic heterocycles. The van der Waals surface area contributed by atoms with Gasteiger partial charge in [-0.15, -0.1) is 0 Å². The molecule has 1 unspecified atom stereocenters. The highest BCUT2D eigenvalue weighted by Crippen LogP contribution is 2.19. The first-order valence-electron chi connectivity index (χ1n) is 6.68. The van der Waals surface area contributed by atoms with Gasteiger partial charge in [0.25, 0.3) is 0 Å². The molecule has 1 aromatic rings. The van der Waals surface area contributed by atoms with Gasteiger partial charge in [0.05, 0.1) is 5.60 Å². The van der Waals surface area contributed by atoms with Crippen LogP contribution in [0, 0.1) is 0 Å². The molecule has 0 amide bonds. The summed E-state index contributed by atoms with van der Waals surface area (Å²) in [6.45, 7) is 7.06. The lowest BCUT2D eigenvalue weighted by atomic mass is 9.94. The van der Waals surface area contributed by atoms with Gasteiger partial charge in [0, 0.05) is 13.0 Å². The van der Waals surface area contributed by atoms with E-state index in [1.807, 2.05) is 11.6 Å². The third-order valence-corrected chi connectivity index (χ3v) is 2.99. The Labute approximate surface area is 104 Å². The van der Waals surface area contributed by atoms with Crippen LogP contribution in [0.25, 0.3) is 0 Å². The van der Waals surface area contributed by atoms with Crippen LogP contribution in [0.3, 0.4) is 0 Å². The summed E-state index contributed by atoms with van der Waals surface area (Å²) < 4.78 is 1.90. The minimum atomic E-state index is -0.659. The summed E-state index contributed by atoms with van der Waals surface area (Å²) in [4.78, 5) is 4.24. The fraction of sp³-hybridized carbons (Fsp3) is 0.846. The van der Waals surface area contributed by atoms with Gasteiger partial charge in [-0.2, -0.15) is 5.10 Å². The van der Waals surface area contributed by atoms with Crippen molar-refractivity contribution >= 4 is 0 Å². The van der Waals surface area contributed by atoms with E-state index in [0.29, 0.717) is 6.42 Å². The third-order valence-electron chi connectivity index (χ3n) is 2.99. The zero-order valence-electron chi connectivity index (χ0n) is 11.3. The molecular formula is C13H25N3O. The molecule has 0 bridgehead atoms. The fourth-order valence-electron chi connectivity index (χ4n) is 2.01. The smallest absolute Gasteiger partial charge is 0.138 e. The van der Waals surface area contributed by atoms with E-state index in [0.717, 1.165) is 31.6 Å². The maximum Gasteiger partial charge on any atom is 0.138 e. The zero-order chi connectivity index (χ0) is 12.7. The summed E-state index contributed by atoms with van der Waals surface area (Å²) in [5.41, 5.74) is -0.659. The molecule has 1 heterocycles. The van der Waals surface area contributed by atoms with Crippen LogP contribution in [0.15, 0.2) is 6.33 Å². The van der Waals surface area contributed by atoms with E-state index in [-0.39, 0.29) is 0 Å². The van der Waals surface area contributed by atoms with E-state index in [1.54, 1.807) is 6.33 Å². The van der Waals surface area contributed by atoms with Crippen molar-refractivity contribution in [3.05, 3.63) is 12.2 Å². The number of aromatic nitrogens is 3. The van der Waals surface area contributed by atoms with Crippen LogP contribution < -0.4 is 0 Å². The Morgan fingerprint density at radius 3 is 2.71 bits per heavy atom. The van der Waals surface area contributed by atoms with Crippen LogP contribution in [0.2, 0.25) is 0 Å².